The third kappa shape index (κ3) is 4.64. The molecule has 0 aliphatic carbocycles. The standard InChI is InChI=1S/C16H22N6O2S/c1-12-19-13(10-25-12)9-21-4-3-5-22(7-6-21)16(23)20-15-14(24-2)8-17-11-18-15/h8,10-11H,3-7,9H2,1-2H3,(H,17,18,20,23). The Balaban J connectivity index is 1.56. The van der Waals surface area contributed by atoms with Gasteiger partial charge in [0.25, 0.3) is 0 Å². The molecule has 8 nitrogen and oxygen atoms in total. The number of hydrogen-bond acceptors (Lipinski definition) is 7. The van der Waals surface area contributed by atoms with Gasteiger partial charge in [0.05, 0.1) is 24.0 Å². The number of ether oxygens (including phenoxy) is 1. The Kier molecular flexibility index (Phi) is 5.77. The van der Waals surface area contributed by atoms with Crippen molar-refractivity contribution in [2.75, 3.05) is 38.6 Å². The second kappa shape index (κ2) is 8.21. The molecule has 3 heterocycles. The molecule has 1 aliphatic rings. The molecule has 0 saturated carbocycles. The summed E-state index contributed by atoms with van der Waals surface area (Å²) in [6, 6.07) is -0.164. The lowest BCUT2D eigenvalue weighted by Crippen LogP contribution is -2.38. The van der Waals surface area contributed by atoms with E-state index in [2.05, 4.69) is 30.5 Å². The van der Waals surface area contributed by atoms with E-state index in [0.29, 0.717) is 24.7 Å². The van der Waals surface area contributed by atoms with Crippen LogP contribution < -0.4 is 10.1 Å². The Morgan fingerprint density at radius 2 is 2.24 bits per heavy atom. The Bertz CT molecular complexity index is 722. The molecule has 2 amide bonds. The molecular formula is C16H22N6O2S. The molecule has 134 valence electrons. The van der Waals surface area contributed by atoms with Gasteiger partial charge in [0.15, 0.2) is 11.6 Å². The fourth-order valence-electron chi connectivity index (χ4n) is 2.78. The molecule has 0 radical (unpaired) electrons. The number of thiazole rings is 1. The molecule has 0 aromatic carbocycles. The van der Waals surface area contributed by atoms with Crippen LogP contribution in [0.5, 0.6) is 5.75 Å². The highest BCUT2D eigenvalue weighted by molar-refractivity contribution is 7.09. The lowest BCUT2D eigenvalue weighted by atomic mass is 10.3. The van der Waals surface area contributed by atoms with Crippen LogP contribution in [0.1, 0.15) is 17.1 Å². The Hall–Kier alpha value is -2.26. The van der Waals surface area contributed by atoms with Gasteiger partial charge in [-0.25, -0.2) is 19.7 Å². The largest absolute Gasteiger partial charge is 0.491 e. The van der Waals surface area contributed by atoms with Gasteiger partial charge < -0.3 is 9.64 Å². The normalized spacial score (nSPS) is 15.7. The van der Waals surface area contributed by atoms with Crippen LogP contribution in [0.25, 0.3) is 0 Å². The monoisotopic (exact) mass is 362 g/mol. The maximum atomic E-state index is 12.5. The smallest absolute Gasteiger partial charge is 0.323 e. The van der Waals surface area contributed by atoms with Gasteiger partial charge in [0.2, 0.25) is 0 Å². The number of amides is 2. The number of rotatable bonds is 4. The molecule has 2 aromatic rings. The summed E-state index contributed by atoms with van der Waals surface area (Å²) >= 11 is 1.67. The van der Waals surface area contributed by atoms with Crippen LogP contribution in [0, 0.1) is 6.92 Å². The predicted molar refractivity (Wildman–Crippen MR) is 95.9 cm³/mol. The molecule has 25 heavy (non-hydrogen) atoms. The molecule has 9 heteroatoms. The van der Waals surface area contributed by atoms with E-state index in [9.17, 15) is 4.79 Å². The van der Waals surface area contributed by atoms with E-state index >= 15 is 0 Å². The van der Waals surface area contributed by atoms with Crippen molar-refractivity contribution >= 4 is 23.2 Å². The first-order chi connectivity index (χ1) is 12.2. The number of anilines is 1. The lowest BCUT2D eigenvalue weighted by molar-refractivity contribution is 0.210. The number of carbonyl (C=O) groups excluding carboxylic acids is 1. The zero-order chi connectivity index (χ0) is 17.6. The van der Waals surface area contributed by atoms with Crippen molar-refractivity contribution in [3.63, 3.8) is 0 Å². The number of methoxy groups -OCH3 is 1. The number of aromatic nitrogens is 3. The van der Waals surface area contributed by atoms with Gasteiger partial charge in [-0.2, -0.15) is 0 Å². The van der Waals surface area contributed by atoms with Crippen LogP contribution in [-0.4, -0.2) is 64.1 Å². The minimum atomic E-state index is -0.164. The van der Waals surface area contributed by atoms with Crippen LogP contribution in [-0.2, 0) is 6.54 Å². The fourth-order valence-corrected chi connectivity index (χ4v) is 3.39. The van der Waals surface area contributed by atoms with Crippen molar-refractivity contribution in [1.82, 2.24) is 24.8 Å². The maximum absolute atomic E-state index is 12.5. The van der Waals surface area contributed by atoms with Crippen LogP contribution >= 0.6 is 11.3 Å². The van der Waals surface area contributed by atoms with Gasteiger partial charge in [-0.15, -0.1) is 11.3 Å². The molecule has 1 N–H and O–H groups in total. The van der Waals surface area contributed by atoms with E-state index in [1.807, 2.05) is 11.8 Å². The van der Waals surface area contributed by atoms with Crippen molar-refractivity contribution in [1.29, 1.82) is 0 Å². The van der Waals surface area contributed by atoms with Crippen LogP contribution in [0.15, 0.2) is 17.9 Å². The average Bonchev–Trinajstić information content (AvgIpc) is 2.88. The lowest BCUT2D eigenvalue weighted by Gasteiger charge is -2.22. The first kappa shape index (κ1) is 17.6. The van der Waals surface area contributed by atoms with Crippen LogP contribution in [0.2, 0.25) is 0 Å². The Labute approximate surface area is 150 Å². The van der Waals surface area contributed by atoms with Crippen molar-refractivity contribution in [3.8, 4) is 5.75 Å². The van der Waals surface area contributed by atoms with Gasteiger partial charge in [-0.05, 0) is 13.3 Å². The highest BCUT2D eigenvalue weighted by Crippen LogP contribution is 2.19. The summed E-state index contributed by atoms with van der Waals surface area (Å²) in [4.78, 5) is 29.2. The minimum Gasteiger partial charge on any atom is -0.491 e. The molecule has 3 rings (SSSR count). The van der Waals surface area contributed by atoms with E-state index in [-0.39, 0.29) is 6.03 Å². The highest BCUT2D eigenvalue weighted by Gasteiger charge is 2.21. The third-order valence-electron chi connectivity index (χ3n) is 4.05. The van der Waals surface area contributed by atoms with Crippen molar-refractivity contribution < 1.29 is 9.53 Å². The molecule has 1 aliphatic heterocycles. The number of nitrogens with zero attached hydrogens (tertiary/aromatic N) is 5. The summed E-state index contributed by atoms with van der Waals surface area (Å²) < 4.78 is 5.17. The summed E-state index contributed by atoms with van der Waals surface area (Å²) in [5.74, 6) is 0.841. The topological polar surface area (TPSA) is 83.5 Å². The average molecular weight is 362 g/mol. The first-order valence-corrected chi connectivity index (χ1v) is 9.07. The van der Waals surface area contributed by atoms with Crippen molar-refractivity contribution in [2.45, 2.75) is 19.9 Å². The minimum absolute atomic E-state index is 0.164. The Morgan fingerprint density at radius 3 is 3.00 bits per heavy atom. The molecule has 1 fully saturated rings. The van der Waals surface area contributed by atoms with Gasteiger partial charge in [-0.3, -0.25) is 10.2 Å². The van der Waals surface area contributed by atoms with Gasteiger partial charge in [0.1, 0.15) is 6.33 Å². The second-order valence-corrected chi connectivity index (χ2v) is 6.91. The number of hydrogen-bond donors (Lipinski definition) is 1. The number of nitrogens with one attached hydrogen (secondary N) is 1. The molecule has 1 saturated heterocycles. The fraction of sp³-hybridized carbons (Fsp3) is 0.500. The first-order valence-electron chi connectivity index (χ1n) is 8.19. The summed E-state index contributed by atoms with van der Waals surface area (Å²) in [7, 11) is 1.53. The van der Waals surface area contributed by atoms with E-state index < -0.39 is 0 Å². The zero-order valence-corrected chi connectivity index (χ0v) is 15.3. The van der Waals surface area contributed by atoms with Crippen LogP contribution in [0.4, 0.5) is 10.6 Å². The molecule has 0 spiro atoms. The SMILES string of the molecule is COc1cncnc1NC(=O)N1CCCN(Cc2csc(C)n2)CC1. The molecule has 0 bridgehead atoms. The third-order valence-corrected chi connectivity index (χ3v) is 4.87. The molecule has 0 unspecified atom stereocenters. The number of carbonyl (C=O) groups is 1. The van der Waals surface area contributed by atoms with Crippen LogP contribution in [0.3, 0.4) is 0 Å². The number of urea groups is 1. The Morgan fingerprint density at radius 1 is 1.36 bits per heavy atom. The summed E-state index contributed by atoms with van der Waals surface area (Å²) in [5, 5.41) is 6.00. The summed E-state index contributed by atoms with van der Waals surface area (Å²) in [5.41, 5.74) is 1.10. The maximum Gasteiger partial charge on any atom is 0.323 e. The molecule has 2 aromatic heterocycles. The molecule has 0 atom stereocenters. The van der Waals surface area contributed by atoms with E-state index in [0.717, 1.165) is 36.8 Å². The van der Waals surface area contributed by atoms with E-state index in [1.54, 1.807) is 11.3 Å². The van der Waals surface area contributed by atoms with Gasteiger partial charge in [-0.1, -0.05) is 0 Å². The van der Waals surface area contributed by atoms with E-state index in [4.69, 9.17) is 4.74 Å². The van der Waals surface area contributed by atoms with Gasteiger partial charge >= 0.3 is 6.03 Å². The van der Waals surface area contributed by atoms with Gasteiger partial charge in [0, 0.05) is 38.1 Å². The predicted octanol–water partition coefficient (Wildman–Crippen LogP) is 1.99. The zero-order valence-electron chi connectivity index (χ0n) is 14.4. The molecular weight excluding hydrogens is 340 g/mol. The van der Waals surface area contributed by atoms with Crippen molar-refractivity contribution in [3.05, 3.63) is 28.6 Å². The highest BCUT2D eigenvalue weighted by atomic mass is 32.1. The quantitative estimate of drug-likeness (QED) is 0.895. The second-order valence-electron chi connectivity index (χ2n) is 5.84. The van der Waals surface area contributed by atoms with Crippen molar-refractivity contribution in [2.24, 2.45) is 0 Å². The summed E-state index contributed by atoms with van der Waals surface area (Å²) in [6.07, 6.45) is 3.85. The summed E-state index contributed by atoms with van der Waals surface area (Å²) in [6.45, 7) is 6.01. The number of aryl methyl sites for hydroxylation is 1. The van der Waals surface area contributed by atoms with E-state index in [1.165, 1.54) is 19.6 Å².